The molecular weight excluding hydrogens is 535 g/mol. The van der Waals surface area contributed by atoms with Crippen LogP contribution >= 0.6 is 0 Å². The van der Waals surface area contributed by atoms with Crippen molar-refractivity contribution in [2.24, 2.45) is 11.5 Å². The Labute approximate surface area is 235 Å². The van der Waals surface area contributed by atoms with Crippen LogP contribution in [0.3, 0.4) is 0 Å². The molecule has 0 aliphatic carbocycles. The fourth-order valence-corrected chi connectivity index (χ4v) is 3.56. The maximum atomic E-state index is 13.3. The van der Waals surface area contributed by atoms with Crippen LogP contribution in [0.4, 0.5) is 4.39 Å². The highest BCUT2D eigenvalue weighted by atomic mass is 19.1. The first kappa shape index (κ1) is 32.0. The van der Waals surface area contributed by atoms with E-state index in [1.54, 1.807) is 25.1 Å². The lowest BCUT2D eigenvalue weighted by Crippen LogP contribution is -2.25. The van der Waals surface area contributed by atoms with Crippen molar-refractivity contribution in [3.63, 3.8) is 0 Å². The molecule has 0 bridgehead atoms. The number of aromatic carboxylic acids is 1. The molecule has 6 N–H and O–H groups in total. The van der Waals surface area contributed by atoms with E-state index in [0.29, 0.717) is 16.7 Å². The van der Waals surface area contributed by atoms with Gasteiger partial charge in [-0.25, -0.2) is 23.9 Å². The predicted molar refractivity (Wildman–Crippen MR) is 148 cm³/mol. The van der Waals surface area contributed by atoms with Crippen molar-refractivity contribution >= 4 is 29.4 Å². The number of aryl methyl sites for hydroxylation is 1. The lowest BCUT2D eigenvalue weighted by atomic mass is 10.1. The number of carbonyl (C=O) groups excluding carboxylic acids is 3. The number of nitrogens with zero attached hydrogens (tertiary/aromatic N) is 3. The van der Waals surface area contributed by atoms with Gasteiger partial charge in [0.25, 0.3) is 11.8 Å². The third kappa shape index (κ3) is 7.70. The standard InChI is InChI=1S/C17H14FN5O4.C10H13NO2.CH4/c1-8-4-9(2-3-10(8)18)6-20-16(25)11-5-12(17(26)27)23-7-21-13(14(19)24)15(23)22-11;1-7(11)8-3-5-9(6-4-8)10(12)13-2;/h2-5,7H,6H2,1H3,(H2,19,24)(H,20,25)(H,26,27);3-7H,11H2,1-2H3;1H4/t;7-;/m.0./s1. The molecule has 0 saturated heterocycles. The normalized spacial score (nSPS) is 11.0. The molecule has 0 aliphatic heterocycles. The monoisotopic (exact) mass is 566 g/mol. The maximum Gasteiger partial charge on any atom is 0.353 e. The number of rotatable bonds is 7. The number of ether oxygens (including phenoxy) is 1. The zero-order valence-electron chi connectivity index (χ0n) is 21.8. The Kier molecular flexibility index (Phi) is 10.8. The smallest absolute Gasteiger partial charge is 0.353 e. The van der Waals surface area contributed by atoms with Gasteiger partial charge in [0.2, 0.25) is 0 Å². The summed E-state index contributed by atoms with van der Waals surface area (Å²) in [5, 5.41) is 11.9. The number of carboxylic acids is 1. The topological polar surface area (TPSA) is 192 Å². The third-order valence-corrected chi connectivity index (χ3v) is 5.72. The van der Waals surface area contributed by atoms with E-state index in [0.717, 1.165) is 22.4 Å². The number of aromatic nitrogens is 3. The van der Waals surface area contributed by atoms with Crippen LogP contribution in [0.2, 0.25) is 0 Å². The minimum Gasteiger partial charge on any atom is -0.477 e. The van der Waals surface area contributed by atoms with Gasteiger partial charge < -0.3 is 26.6 Å². The zero-order chi connectivity index (χ0) is 29.6. The Morgan fingerprint density at radius 2 is 1.78 bits per heavy atom. The number of hydrogen-bond acceptors (Lipinski definition) is 8. The second-order valence-electron chi connectivity index (χ2n) is 8.65. The molecule has 0 unspecified atom stereocenters. The lowest BCUT2D eigenvalue weighted by Gasteiger charge is -2.08. The molecule has 12 nitrogen and oxygen atoms in total. The number of halogens is 1. The molecule has 216 valence electrons. The highest BCUT2D eigenvalue weighted by Crippen LogP contribution is 2.14. The van der Waals surface area contributed by atoms with E-state index in [1.807, 2.05) is 19.1 Å². The maximum absolute atomic E-state index is 13.3. The molecule has 41 heavy (non-hydrogen) atoms. The van der Waals surface area contributed by atoms with Gasteiger partial charge in [0.05, 0.1) is 12.7 Å². The van der Waals surface area contributed by atoms with Crippen LogP contribution in [0.1, 0.15) is 78.9 Å². The molecule has 0 aliphatic rings. The quantitative estimate of drug-likeness (QED) is 0.243. The van der Waals surface area contributed by atoms with Gasteiger partial charge >= 0.3 is 11.9 Å². The summed E-state index contributed by atoms with van der Waals surface area (Å²) >= 11 is 0. The molecule has 2 aromatic carbocycles. The number of hydrogen-bond donors (Lipinski definition) is 4. The number of nitrogens with one attached hydrogen (secondary N) is 1. The number of nitrogens with two attached hydrogens (primary N) is 2. The Balaban J connectivity index is 0.000000355. The molecule has 0 fully saturated rings. The van der Waals surface area contributed by atoms with Crippen molar-refractivity contribution < 1.29 is 33.4 Å². The van der Waals surface area contributed by atoms with Gasteiger partial charge in [0, 0.05) is 18.7 Å². The molecule has 13 heteroatoms. The first-order chi connectivity index (χ1) is 18.9. The molecule has 2 heterocycles. The van der Waals surface area contributed by atoms with Gasteiger partial charge in [-0.15, -0.1) is 0 Å². The molecule has 0 radical (unpaired) electrons. The highest BCUT2D eigenvalue weighted by Gasteiger charge is 2.21. The molecule has 4 aromatic rings. The molecular formula is C28H31FN6O6. The van der Waals surface area contributed by atoms with Gasteiger partial charge in [0.15, 0.2) is 11.3 Å². The zero-order valence-corrected chi connectivity index (χ0v) is 21.8. The number of primary amides is 1. The Hall–Kier alpha value is -5.17. The van der Waals surface area contributed by atoms with Crippen LogP contribution < -0.4 is 16.8 Å². The molecule has 2 aromatic heterocycles. The number of imidazole rings is 1. The lowest BCUT2D eigenvalue weighted by molar-refractivity contribution is 0.0599. The number of benzene rings is 2. The minimum atomic E-state index is -1.33. The van der Waals surface area contributed by atoms with Gasteiger partial charge in [0.1, 0.15) is 23.5 Å². The van der Waals surface area contributed by atoms with Gasteiger partial charge in [-0.3, -0.25) is 14.0 Å². The second kappa shape index (κ2) is 13.8. The summed E-state index contributed by atoms with van der Waals surface area (Å²) in [7, 11) is 1.36. The summed E-state index contributed by atoms with van der Waals surface area (Å²) in [6.45, 7) is 3.57. The third-order valence-electron chi connectivity index (χ3n) is 5.72. The number of methoxy groups -OCH3 is 1. The first-order valence-corrected chi connectivity index (χ1v) is 11.8. The van der Waals surface area contributed by atoms with E-state index in [2.05, 4.69) is 20.0 Å². The Morgan fingerprint density at radius 3 is 2.32 bits per heavy atom. The fourth-order valence-electron chi connectivity index (χ4n) is 3.56. The first-order valence-electron chi connectivity index (χ1n) is 11.8. The number of carboxylic acid groups (broad SMARTS) is 1. The van der Waals surface area contributed by atoms with E-state index in [4.69, 9.17) is 11.5 Å². The van der Waals surface area contributed by atoms with Crippen LogP contribution in [0.5, 0.6) is 0 Å². The van der Waals surface area contributed by atoms with Crippen LogP contribution in [0.15, 0.2) is 54.9 Å². The summed E-state index contributed by atoms with van der Waals surface area (Å²) < 4.78 is 18.9. The van der Waals surface area contributed by atoms with Crippen molar-refractivity contribution in [2.75, 3.05) is 7.11 Å². The number of amides is 2. The SMILES string of the molecule is C.COC(=O)c1ccc([C@H](C)N)cc1.Cc1cc(CNC(=O)c2cc(C(=O)O)n3cnc(C(N)=O)c3n2)ccc1F. The molecule has 2 amide bonds. The summed E-state index contributed by atoms with van der Waals surface area (Å²) in [6, 6.07) is 12.5. The molecule has 0 saturated carbocycles. The summed E-state index contributed by atoms with van der Waals surface area (Å²) in [6.07, 6.45) is 1.09. The molecule has 1 atom stereocenters. The van der Waals surface area contributed by atoms with E-state index < -0.39 is 17.8 Å². The van der Waals surface area contributed by atoms with Crippen LogP contribution in [0, 0.1) is 12.7 Å². The summed E-state index contributed by atoms with van der Waals surface area (Å²) in [4.78, 5) is 54.1. The molecule has 0 spiro atoms. The van der Waals surface area contributed by atoms with Crippen molar-refractivity contribution in [3.8, 4) is 0 Å². The number of carbonyl (C=O) groups is 4. The average molecular weight is 567 g/mol. The van der Waals surface area contributed by atoms with Crippen molar-refractivity contribution in [1.82, 2.24) is 19.7 Å². The van der Waals surface area contributed by atoms with Crippen LogP contribution in [0.25, 0.3) is 5.65 Å². The largest absolute Gasteiger partial charge is 0.477 e. The van der Waals surface area contributed by atoms with Gasteiger partial charge in [-0.2, -0.15) is 0 Å². The Bertz CT molecular complexity index is 1580. The van der Waals surface area contributed by atoms with E-state index >= 15 is 0 Å². The van der Waals surface area contributed by atoms with Crippen LogP contribution in [-0.4, -0.2) is 50.3 Å². The highest BCUT2D eigenvalue weighted by molar-refractivity contribution is 6.00. The van der Waals surface area contributed by atoms with Crippen molar-refractivity contribution in [1.29, 1.82) is 0 Å². The second-order valence-corrected chi connectivity index (χ2v) is 8.65. The van der Waals surface area contributed by atoms with E-state index in [-0.39, 0.29) is 54.5 Å². The average Bonchev–Trinajstić information content (AvgIpc) is 3.37. The number of fused-ring (bicyclic) bond motifs is 1. The van der Waals surface area contributed by atoms with Crippen molar-refractivity contribution in [2.45, 2.75) is 33.9 Å². The number of esters is 1. The fraction of sp³-hybridized carbons (Fsp3) is 0.214. The van der Waals surface area contributed by atoms with Crippen LogP contribution in [-0.2, 0) is 11.3 Å². The van der Waals surface area contributed by atoms with E-state index in [1.165, 1.54) is 19.2 Å². The minimum absolute atomic E-state index is 0. The van der Waals surface area contributed by atoms with Gasteiger partial charge in [-0.05, 0) is 48.7 Å². The summed E-state index contributed by atoms with van der Waals surface area (Å²) in [5.74, 6) is -3.59. The van der Waals surface area contributed by atoms with Crippen molar-refractivity contribution in [3.05, 3.63) is 100 Å². The Morgan fingerprint density at radius 1 is 1.12 bits per heavy atom. The molecule has 4 rings (SSSR count). The van der Waals surface area contributed by atoms with E-state index in [9.17, 15) is 28.7 Å². The van der Waals surface area contributed by atoms with Gasteiger partial charge in [-0.1, -0.05) is 31.7 Å². The predicted octanol–water partition coefficient (Wildman–Crippen LogP) is 3.03. The summed E-state index contributed by atoms with van der Waals surface area (Å²) in [5.41, 5.74) is 12.6.